The molecule has 0 aliphatic carbocycles. The van der Waals surface area contributed by atoms with Crippen LogP contribution in [0.25, 0.3) is 11.0 Å². The van der Waals surface area contributed by atoms with Crippen molar-refractivity contribution in [2.24, 2.45) is 0 Å². The Morgan fingerprint density at radius 3 is 2.86 bits per heavy atom. The minimum Gasteiger partial charge on any atom is -0.493 e. The van der Waals surface area contributed by atoms with Gasteiger partial charge in [0.25, 0.3) is 0 Å². The highest BCUT2D eigenvalue weighted by Crippen LogP contribution is 2.29. The predicted octanol–water partition coefficient (Wildman–Crippen LogP) is 1.94. The number of rotatable bonds is 5. The van der Waals surface area contributed by atoms with E-state index in [1.54, 1.807) is 11.5 Å². The third kappa shape index (κ3) is 3.22. The largest absolute Gasteiger partial charge is 0.493 e. The first-order valence-electron chi connectivity index (χ1n) is 6.69. The second-order valence-corrected chi connectivity index (χ2v) is 4.66. The summed E-state index contributed by atoms with van der Waals surface area (Å²) in [6.07, 6.45) is 0.104. The summed E-state index contributed by atoms with van der Waals surface area (Å²) < 4.78 is 10.9. The Morgan fingerprint density at radius 1 is 1.43 bits per heavy atom. The zero-order valence-electron chi connectivity index (χ0n) is 11.9. The Hall–Kier alpha value is -2.34. The standard InChI is InChI=1S/C15H17NO5/c1-3-20-14-10(5-7-13(17)16-19)15(18)21-12-6-4-9(2)8-11(12)14/h4,6,8,19H,3,5,7H2,1-2H3,(H,16,17). The van der Waals surface area contributed by atoms with Crippen LogP contribution in [-0.4, -0.2) is 17.7 Å². The monoisotopic (exact) mass is 291 g/mol. The fraction of sp³-hybridized carbons (Fsp3) is 0.333. The second kappa shape index (κ2) is 6.41. The van der Waals surface area contributed by atoms with Gasteiger partial charge in [-0.05, 0) is 32.4 Å². The van der Waals surface area contributed by atoms with Gasteiger partial charge in [-0.25, -0.2) is 10.3 Å². The number of benzene rings is 1. The van der Waals surface area contributed by atoms with E-state index in [1.165, 1.54) is 0 Å². The molecule has 112 valence electrons. The number of ether oxygens (including phenoxy) is 1. The third-order valence-electron chi connectivity index (χ3n) is 3.12. The molecule has 0 fully saturated rings. The number of carbonyl (C=O) groups is 1. The molecule has 0 radical (unpaired) electrons. The summed E-state index contributed by atoms with van der Waals surface area (Å²) in [7, 11) is 0. The molecule has 1 aromatic carbocycles. The van der Waals surface area contributed by atoms with Crippen molar-refractivity contribution in [1.29, 1.82) is 0 Å². The number of amides is 1. The van der Waals surface area contributed by atoms with Crippen molar-refractivity contribution in [2.45, 2.75) is 26.7 Å². The van der Waals surface area contributed by atoms with Crippen molar-refractivity contribution in [2.75, 3.05) is 6.61 Å². The first kappa shape index (κ1) is 15.1. The Morgan fingerprint density at radius 2 is 2.19 bits per heavy atom. The summed E-state index contributed by atoms with van der Waals surface area (Å²) in [6, 6.07) is 5.44. The molecular weight excluding hydrogens is 274 g/mol. The van der Waals surface area contributed by atoms with Gasteiger partial charge in [0.05, 0.1) is 17.6 Å². The van der Waals surface area contributed by atoms with E-state index in [1.807, 2.05) is 26.0 Å². The van der Waals surface area contributed by atoms with Gasteiger partial charge in [-0.1, -0.05) is 11.6 Å². The molecule has 6 nitrogen and oxygen atoms in total. The lowest BCUT2D eigenvalue weighted by molar-refractivity contribution is -0.129. The molecule has 1 amide bonds. The maximum atomic E-state index is 12.1. The van der Waals surface area contributed by atoms with Gasteiger partial charge in [-0.15, -0.1) is 0 Å². The lowest BCUT2D eigenvalue weighted by Crippen LogP contribution is -2.21. The summed E-state index contributed by atoms with van der Waals surface area (Å²) in [5.41, 5.74) is 2.78. The zero-order valence-corrected chi connectivity index (χ0v) is 11.9. The van der Waals surface area contributed by atoms with Crippen LogP contribution in [0.1, 0.15) is 24.5 Å². The number of hydrogen-bond donors (Lipinski definition) is 2. The van der Waals surface area contributed by atoms with E-state index in [4.69, 9.17) is 14.4 Å². The number of hydrogen-bond acceptors (Lipinski definition) is 5. The van der Waals surface area contributed by atoms with E-state index in [0.29, 0.717) is 28.9 Å². The Balaban J connectivity index is 2.56. The molecule has 6 heteroatoms. The van der Waals surface area contributed by atoms with Gasteiger partial charge in [0.15, 0.2) is 0 Å². The third-order valence-corrected chi connectivity index (χ3v) is 3.12. The summed E-state index contributed by atoms with van der Waals surface area (Å²) in [5, 5.41) is 9.24. The highest BCUT2D eigenvalue weighted by atomic mass is 16.5. The number of nitrogens with one attached hydrogen (secondary N) is 1. The minimum absolute atomic E-state index is 0.0291. The van der Waals surface area contributed by atoms with Crippen LogP contribution in [0.2, 0.25) is 0 Å². The highest BCUT2D eigenvalue weighted by Gasteiger charge is 2.17. The number of carbonyl (C=O) groups excluding carboxylic acids is 1. The fourth-order valence-corrected chi connectivity index (χ4v) is 2.15. The van der Waals surface area contributed by atoms with Crippen LogP contribution in [0, 0.1) is 6.92 Å². The molecule has 2 aromatic rings. The average Bonchev–Trinajstić information content (AvgIpc) is 2.47. The van der Waals surface area contributed by atoms with Crippen LogP contribution < -0.4 is 15.8 Å². The maximum absolute atomic E-state index is 12.1. The van der Waals surface area contributed by atoms with E-state index < -0.39 is 11.5 Å². The van der Waals surface area contributed by atoms with E-state index in [0.717, 1.165) is 5.56 Å². The first-order chi connectivity index (χ1) is 10.1. The molecule has 1 heterocycles. The van der Waals surface area contributed by atoms with Crippen molar-refractivity contribution < 1.29 is 19.2 Å². The molecule has 0 unspecified atom stereocenters. The van der Waals surface area contributed by atoms with Gasteiger partial charge >= 0.3 is 5.63 Å². The SMILES string of the molecule is CCOc1c(CCC(=O)NO)c(=O)oc2ccc(C)cc12. The van der Waals surface area contributed by atoms with Crippen molar-refractivity contribution in [3.05, 3.63) is 39.7 Å². The molecule has 0 aliphatic heterocycles. The van der Waals surface area contributed by atoms with Crippen LogP contribution in [0.4, 0.5) is 0 Å². The number of fused-ring (bicyclic) bond motifs is 1. The predicted molar refractivity (Wildman–Crippen MR) is 76.6 cm³/mol. The Kier molecular flexibility index (Phi) is 4.59. The Bertz CT molecular complexity index is 720. The molecule has 2 N–H and O–H groups in total. The van der Waals surface area contributed by atoms with Crippen molar-refractivity contribution in [3.63, 3.8) is 0 Å². The molecule has 21 heavy (non-hydrogen) atoms. The van der Waals surface area contributed by atoms with E-state index in [-0.39, 0.29) is 12.8 Å². The quantitative estimate of drug-likeness (QED) is 0.499. The van der Waals surface area contributed by atoms with Crippen LogP contribution in [-0.2, 0) is 11.2 Å². The van der Waals surface area contributed by atoms with Crippen molar-refractivity contribution in [3.8, 4) is 5.75 Å². The smallest absolute Gasteiger partial charge is 0.343 e. The van der Waals surface area contributed by atoms with Gasteiger partial charge < -0.3 is 9.15 Å². The number of hydroxylamine groups is 1. The van der Waals surface area contributed by atoms with Gasteiger partial charge in [-0.2, -0.15) is 0 Å². The summed E-state index contributed by atoms with van der Waals surface area (Å²) >= 11 is 0. The van der Waals surface area contributed by atoms with E-state index in [9.17, 15) is 9.59 Å². The topological polar surface area (TPSA) is 88.8 Å². The molecule has 1 aromatic heterocycles. The minimum atomic E-state index is -0.568. The molecule has 0 aliphatic rings. The van der Waals surface area contributed by atoms with Crippen molar-refractivity contribution >= 4 is 16.9 Å². The summed E-state index contributed by atoms with van der Waals surface area (Å²) in [4.78, 5) is 23.2. The normalized spacial score (nSPS) is 10.6. The first-order valence-corrected chi connectivity index (χ1v) is 6.69. The lowest BCUT2D eigenvalue weighted by atomic mass is 10.1. The maximum Gasteiger partial charge on any atom is 0.343 e. The van der Waals surface area contributed by atoms with Crippen molar-refractivity contribution in [1.82, 2.24) is 5.48 Å². The van der Waals surface area contributed by atoms with Crippen LogP contribution in [0.3, 0.4) is 0 Å². The molecule has 2 rings (SSSR count). The van der Waals surface area contributed by atoms with Crippen LogP contribution in [0.5, 0.6) is 5.75 Å². The average molecular weight is 291 g/mol. The van der Waals surface area contributed by atoms with Crippen LogP contribution in [0.15, 0.2) is 27.4 Å². The molecular formula is C15H17NO5. The fourth-order valence-electron chi connectivity index (χ4n) is 2.15. The molecule has 0 saturated heterocycles. The summed E-state index contributed by atoms with van der Waals surface area (Å²) in [5.74, 6) is -0.126. The van der Waals surface area contributed by atoms with Gasteiger partial charge in [0.2, 0.25) is 5.91 Å². The van der Waals surface area contributed by atoms with E-state index in [2.05, 4.69) is 0 Å². The van der Waals surface area contributed by atoms with Gasteiger partial charge in [0.1, 0.15) is 11.3 Å². The number of aryl methyl sites for hydroxylation is 1. The molecule has 0 bridgehead atoms. The Labute approximate surface area is 121 Å². The zero-order chi connectivity index (χ0) is 15.4. The molecule has 0 spiro atoms. The highest BCUT2D eigenvalue weighted by molar-refractivity contribution is 5.85. The van der Waals surface area contributed by atoms with Gasteiger partial charge in [-0.3, -0.25) is 10.0 Å². The van der Waals surface area contributed by atoms with E-state index >= 15 is 0 Å². The van der Waals surface area contributed by atoms with Gasteiger partial charge in [0, 0.05) is 6.42 Å². The second-order valence-electron chi connectivity index (χ2n) is 4.66. The lowest BCUT2D eigenvalue weighted by Gasteiger charge is -2.12. The summed E-state index contributed by atoms with van der Waals surface area (Å²) in [6.45, 7) is 4.14. The van der Waals surface area contributed by atoms with Crippen LogP contribution >= 0.6 is 0 Å². The molecule has 0 saturated carbocycles. The molecule has 0 atom stereocenters.